The van der Waals surface area contributed by atoms with Crippen LogP contribution in [0.3, 0.4) is 0 Å². The van der Waals surface area contributed by atoms with Crippen molar-refractivity contribution < 1.29 is 9.53 Å². The van der Waals surface area contributed by atoms with E-state index in [9.17, 15) is 4.79 Å². The average Bonchev–Trinajstić information content (AvgIpc) is 3.02. The third-order valence-electron chi connectivity index (χ3n) is 3.49. The third kappa shape index (κ3) is 3.68. The van der Waals surface area contributed by atoms with Gasteiger partial charge in [-0.3, -0.25) is 4.79 Å². The summed E-state index contributed by atoms with van der Waals surface area (Å²) in [5, 5.41) is 3.42. The highest BCUT2D eigenvalue weighted by Gasteiger charge is 2.09. The Balaban J connectivity index is 1.66. The number of H-pyrrole nitrogens is 1. The minimum absolute atomic E-state index is 0.0606. The second-order valence-electron chi connectivity index (χ2n) is 5.75. The number of amides is 1. The summed E-state index contributed by atoms with van der Waals surface area (Å²) in [5.41, 5.74) is 3.16. The van der Waals surface area contributed by atoms with Crippen LogP contribution in [0.5, 0.6) is 5.75 Å². The largest absolute Gasteiger partial charge is 0.489 e. The zero-order valence-corrected chi connectivity index (χ0v) is 14.2. The first kappa shape index (κ1) is 16.3. The lowest BCUT2D eigenvalue weighted by Gasteiger charge is -2.12. The minimum Gasteiger partial charge on any atom is -0.489 e. The SMILES string of the molecule is CC(C)Oc1ccc(CNC(=O)c2ccc3nc[nH]c3c2)cc1Cl. The number of nitrogens with one attached hydrogen (secondary N) is 2. The fourth-order valence-corrected chi connectivity index (χ4v) is 2.61. The van der Waals surface area contributed by atoms with Crippen LogP contribution in [0.1, 0.15) is 29.8 Å². The smallest absolute Gasteiger partial charge is 0.251 e. The second kappa shape index (κ2) is 6.93. The Labute approximate surface area is 145 Å². The monoisotopic (exact) mass is 343 g/mol. The molecule has 0 saturated heterocycles. The number of halogens is 1. The van der Waals surface area contributed by atoms with E-state index in [0.717, 1.165) is 16.6 Å². The van der Waals surface area contributed by atoms with Crippen molar-refractivity contribution in [1.29, 1.82) is 0 Å². The highest BCUT2D eigenvalue weighted by atomic mass is 35.5. The summed E-state index contributed by atoms with van der Waals surface area (Å²) in [6.45, 7) is 4.28. The van der Waals surface area contributed by atoms with E-state index in [1.54, 1.807) is 24.5 Å². The number of carbonyl (C=O) groups is 1. The number of benzene rings is 2. The molecule has 0 bridgehead atoms. The number of rotatable bonds is 5. The summed E-state index contributed by atoms with van der Waals surface area (Å²) in [4.78, 5) is 19.4. The molecule has 0 spiro atoms. The Morgan fingerprint density at radius 1 is 1.29 bits per heavy atom. The van der Waals surface area contributed by atoms with Gasteiger partial charge in [0.25, 0.3) is 5.91 Å². The normalized spacial score (nSPS) is 11.0. The fourth-order valence-electron chi connectivity index (χ4n) is 2.37. The van der Waals surface area contributed by atoms with Crippen molar-refractivity contribution >= 4 is 28.5 Å². The van der Waals surface area contributed by atoms with E-state index in [-0.39, 0.29) is 12.0 Å². The maximum Gasteiger partial charge on any atom is 0.251 e. The Morgan fingerprint density at radius 2 is 2.12 bits per heavy atom. The highest BCUT2D eigenvalue weighted by molar-refractivity contribution is 6.32. The molecular formula is C18H18ClN3O2. The molecule has 2 aromatic carbocycles. The molecule has 0 radical (unpaired) electrons. The van der Waals surface area contributed by atoms with Gasteiger partial charge >= 0.3 is 0 Å². The van der Waals surface area contributed by atoms with Gasteiger partial charge in [-0.2, -0.15) is 0 Å². The molecule has 0 fully saturated rings. The molecular weight excluding hydrogens is 326 g/mol. The molecule has 1 amide bonds. The molecule has 24 heavy (non-hydrogen) atoms. The lowest BCUT2D eigenvalue weighted by atomic mass is 10.1. The summed E-state index contributed by atoms with van der Waals surface area (Å²) in [5.74, 6) is 0.497. The molecule has 3 aromatic rings. The maximum absolute atomic E-state index is 12.3. The number of hydrogen-bond donors (Lipinski definition) is 2. The summed E-state index contributed by atoms with van der Waals surface area (Å²) < 4.78 is 5.60. The van der Waals surface area contributed by atoms with E-state index in [2.05, 4.69) is 15.3 Å². The second-order valence-corrected chi connectivity index (χ2v) is 6.16. The van der Waals surface area contributed by atoms with Gasteiger partial charge in [-0.1, -0.05) is 17.7 Å². The molecule has 3 rings (SSSR count). The number of imidazole rings is 1. The zero-order valence-electron chi connectivity index (χ0n) is 13.5. The quantitative estimate of drug-likeness (QED) is 0.737. The van der Waals surface area contributed by atoms with Gasteiger partial charge in [0.15, 0.2) is 0 Å². The van der Waals surface area contributed by atoms with Crippen molar-refractivity contribution in [3.63, 3.8) is 0 Å². The van der Waals surface area contributed by atoms with Crippen molar-refractivity contribution in [2.24, 2.45) is 0 Å². The molecule has 1 aromatic heterocycles. The summed E-state index contributed by atoms with van der Waals surface area (Å²) in [6, 6.07) is 10.9. The number of hydrogen-bond acceptors (Lipinski definition) is 3. The van der Waals surface area contributed by atoms with Gasteiger partial charge in [0.2, 0.25) is 0 Å². The van der Waals surface area contributed by atoms with Crippen LogP contribution in [0, 0.1) is 0 Å². The van der Waals surface area contributed by atoms with Gasteiger partial charge in [0, 0.05) is 12.1 Å². The van der Waals surface area contributed by atoms with Gasteiger partial charge in [0.05, 0.1) is 28.5 Å². The lowest BCUT2D eigenvalue weighted by molar-refractivity contribution is 0.0951. The van der Waals surface area contributed by atoms with E-state index in [1.807, 2.05) is 32.0 Å². The summed E-state index contributed by atoms with van der Waals surface area (Å²) in [6.07, 6.45) is 1.67. The van der Waals surface area contributed by atoms with Crippen molar-refractivity contribution in [2.75, 3.05) is 0 Å². The van der Waals surface area contributed by atoms with E-state index in [4.69, 9.17) is 16.3 Å². The van der Waals surface area contributed by atoms with E-state index in [1.165, 1.54) is 0 Å². The predicted molar refractivity (Wildman–Crippen MR) is 94.5 cm³/mol. The first-order chi connectivity index (χ1) is 11.5. The first-order valence-corrected chi connectivity index (χ1v) is 8.07. The molecule has 124 valence electrons. The topological polar surface area (TPSA) is 67.0 Å². The molecule has 0 unspecified atom stereocenters. The van der Waals surface area contributed by atoms with Crippen molar-refractivity contribution in [1.82, 2.24) is 15.3 Å². The molecule has 0 saturated carbocycles. The van der Waals surface area contributed by atoms with Gasteiger partial charge in [-0.05, 0) is 49.7 Å². The van der Waals surface area contributed by atoms with E-state index in [0.29, 0.717) is 22.9 Å². The summed E-state index contributed by atoms with van der Waals surface area (Å²) in [7, 11) is 0. The number of aromatic amines is 1. The zero-order chi connectivity index (χ0) is 17.1. The molecule has 0 aliphatic carbocycles. The van der Waals surface area contributed by atoms with Gasteiger partial charge in [0.1, 0.15) is 5.75 Å². The molecule has 6 heteroatoms. The Kier molecular flexibility index (Phi) is 4.71. The van der Waals surface area contributed by atoms with Gasteiger partial charge < -0.3 is 15.0 Å². The van der Waals surface area contributed by atoms with Gasteiger partial charge in [-0.15, -0.1) is 0 Å². The number of nitrogens with zero attached hydrogens (tertiary/aromatic N) is 1. The van der Waals surface area contributed by atoms with Crippen LogP contribution in [0.2, 0.25) is 5.02 Å². The first-order valence-electron chi connectivity index (χ1n) is 7.69. The van der Waals surface area contributed by atoms with E-state index < -0.39 is 0 Å². The molecule has 2 N–H and O–H groups in total. The van der Waals surface area contributed by atoms with Gasteiger partial charge in [-0.25, -0.2) is 4.98 Å². The Morgan fingerprint density at radius 3 is 2.88 bits per heavy atom. The predicted octanol–water partition coefficient (Wildman–Crippen LogP) is 3.93. The molecule has 0 aliphatic rings. The Hall–Kier alpha value is -2.53. The number of fused-ring (bicyclic) bond motifs is 1. The van der Waals surface area contributed by atoms with Crippen LogP contribution < -0.4 is 10.1 Å². The van der Waals surface area contributed by atoms with Crippen LogP contribution in [0.25, 0.3) is 11.0 Å². The molecule has 0 atom stereocenters. The Bertz CT molecular complexity index is 874. The standard InChI is InChI=1S/C18H18ClN3O2/c1-11(2)24-17-6-3-12(7-14(17)19)9-20-18(23)13-4-5-15-16(8-13)22-10-21-15/h3-8,10-11H,9H2,1-2H3,(H,20,23)(H,21,22). The van der Waals surface area contributed by atoms with Crippen LogP contribution in [-0.4, -0.2) is 22.0 Å². The number of ether oxygens (including phenoxy) is 1. The molecule has 1 heterocycles. The summed E-state index contributed by atoms with van der Waals surface area (Å²) >= 11 is 6.21. The molecule has 0 aliphatic heterocycles. The minimum atomic E-state index is -0.148. The van der Waals surface area contributed by atoms with E-state index >= 15 is 0 Å². The van der Waals surface area contributed by atoms with Crippen molar-refractivity contribution in [3.8, 4) is 5.75 Å². The highest BCUT2D eigenvalue weighted by Crippen LogP contribution is 2.26. The third-order valence-corrected chi connectivity index (χ3v) is 3.79. The fraction of sp³-hybridized carbons (Fsp3) is 0.222. The van der Waals surface area contributed by atoms with Crippen molar-refractivity contribution in [2.45, 2.75) is 26.5 Å². The molecule has 5 nitrogen and oxygen atoms in total. The van der Waals surface area contributed by atoms with Crippen molar-refractivity contribution in [3.05, 3.63) is 58.9 Å². The average molecular weight is 344 g/mol. The van der Waals surface area contributed by atoms with Crippen LogP contribution in [-0.2, 0) is 6.54 Å². The van der Waals surface area contributed by atoms with Crippen LogP contribution in [0.4, 0.5) is 0 Å². The number of aromatic nitrogens is 2. The van der Waals surface area contributed by atoms with Crippen LogP contribution >= 0.6 is 11.6 Å². The maximum atomic E-state index is 12.3. The number of carbonyl (C=O) groups excluding carboxylic acids is 1. The lowest BCUT2D eigenvalue weighted by Crippen LogP contribution is -2.22. The van der Waals surface area contributed by atoms with Crippen LogP contribution in [0.15, 0.2) is 42.7 Å².